The van der Waals surface area contributed by atoms with Crippen LogP contribution in [-0.2, 0) is 16.1 Å². The zero-order valence-corrected chi connectivity index (χ0v) is 24.4. The van der Waals surface area contributed by atoms with Gasteiger partial charge in [-0.25, -0.2) is 4.79 Å². The van der Waals surface area contributed by atoms with Gasteiger partial charge in [-0.15, -0.1) is 0 Å². The van der Waals surface area contributed by atoms with Gasteiger partial charge in [-0.1, -0.05) is 48.0 Å². The molecule has 1 aromatic heterocycles. The zero-order valence-electron chi connectivity index (χ0n) is 22.9. The average Bonchev–Trinajstić information content (AvgIpc) is 3.42. The Morgan fingerprint density at radius 2 is 1.66 bits per heavy atom. The molecule has 5 N–H and O–H groups in total. The Morgan fingerprint density at radius 3 is 2.25 bits per heavy atom. The molecule has 0 spiro atoms. The van der Waals surface area contributed by atoms with Crippen molar-refractivity contribution < 1.29 is 37.5 Å². The van der Waals surface area contributed by atoms with Gasteiger partial charge in [0.25, 0.3) is 11.8 Å². The van der Waals surface area contributed by atoms with Crippen molar-refractivity contribution in [2.75, 3.05) is 23.7 Å². The third kappa shape index (κ3) is 9.82. The molecule has 1 aliphatic rings. The lowest BCUT2D eigenvalue weighted by Crippen LogP contribution is -2.44. The van der Waals surface area contributed by atoms with E-state index in [2.05, 4.69) is 37.6 Å². The molecule has 11 nitrogen and oxygen atoms in total. The molecule has 1 aliphatic heterocycles. The summed E-state index contributed by atoms with van der Waals surface area (Å²) in [6, 6.07) is 12.4. The van der Waals surface area contributed by atoms with Crippen molar-refractivity contribution in [2.45, 2.75) is 31.6 Å². The number of carbonyl (C=O) groups is 4. The number of benzene rings is 2. The van der Waals surface area contributed by atoms with Crippen molar-refractivity contribution in [1.29, 1.82) is 0 Å². The highest BCUT2D eigenvalue weighted by molar-refractivity contribution is 6.40. The van der Waals surface area contributed by atoms with Gasteiger partial charge in [0.1, 0.15) is 5.69 Å². The van der Waals surface area contributed by atoms with Gasteiger partial charge in [-0.2, -0.15) is 18.3 Å². The van der Waals surface area contributed by atoms with Gasteiger partial charge >= 0.3 is 12.1 Å². The van der Waals surface area contributed by atoms with E-state index in [1.165, 1.54) is 12.3 Å². The number of hydrogen-bond acceptors (Lipinski definition) is 6. The number of amides is 3. The molecule has 0 saturated carbocycles. The minimum absolute atomic E-state index is 0.0215. The number of likely N-dealkylation sites (tertiary alicyclic amines) is 1. The predicted octanol–water partition coefficient (Wildman–Crippen LogP) is 5.12. The first-order chi connectivity index (χ1) is 20.8. The summed E-state index contributed by atoms with van der Waals surface area (Å²) >= 11 is 12.2. The summed E-state index contributed by atoms with van der Waals surface area (Å²) in [6.45, 7) is 5.80. The normalized spacial score (nSPS) is 13.7. The number of aliphatic carboxylic acids is 1. The first-order valence-electron chi connectivity index (χ1n) is 12.9. The predicted molar refractivity (Wildman–Crippen MR) is 158 cm³/mol. The number of anilines is 2. The SMILES string of the molecule is C=CC(=O)Nc1cccc(CN2CCC(NC(=O)c3[nH]ncc3NC(=O)c3c(Cl)cccc3Cl)CC2)c1.O=C(O)C(F)(F)F. The van der Waals surface area contributed by atoms with E-state index in [1.54, 1.807) is 18.2 Å². The fourth-order valence-electron chi connectivity index (χ4n) is 4.15. The van der Waals surface area contributed by atoms with Crippen LogP contribution in [0.2, 0.25) is 10.0 Å². The van der Waals surface area contributed by atoms with Crippen molar-refractivity contribution in [3.05, 3.63) is 88.2 Å². The van der Waals surface area contributed by atoms with Crippen LogP contribution < -0.4 is 16.0 Å². The van der Waals surface area contributed by atoms with Crippen molar-refractivity contribution in [3.63, 3.8) is 0 Å². The molecule has 1 saturated heterocycles. The Kier molecular flexibility index (Phi) is 11.9. The third-order valence-electron chi connectivity index (χ3n) is 6.26. The number of aromatic amines is 1. The van der Waals surface area contributed by atoms with Crippen LogP contribution in [0.25, 0.3) is 0 Å². The van der Waals surface area contributed by atoms with Crippen molar-refractivity contribution in [3.8, 4) is 0 Å². The molecule has 2 aromatic carbocycles. The van der Waals surface area contributed by atoms with Gasteiger partial charge in [-0.05, 0) is 48.7 Å². The lowest BCUT2D eigenvalue weighted by Gasteiger charge is -2.32. The van der Waals surface area contributed by atoms with E-state index in [4.69, 9.17) is 33.1 Å². The highest BCUT2D eigenvalue weighted by Gasteiger charge is 2.38. The summed E-state index contributed by atoms with van der Waals surface area (Å²) in [5.41, 5.74) is 2.32. The lowest BCUT2D eigenvalue weighted by atomic mass is 10.0. The fourth-order valence-corrected chi connectivity index (χ4v) is 4.71. The smallest absolute Gasteiger partial charge is 0.475 e. The number of hydrogen-bond donors (Lipinski definition) is 5. The van der Waals surface area contributed by atoms with E-state index in [0.29, 0.717) is 0 Å². The second kappa shape index (κ2) is 15.4. The Hall–Kier alpha value is -4.40. The van der Waals surface area contributed by atoms with Gasteiger partial charge in [0, 0.05) is 31.4 Å². The van der Waals surface area contributed by atoms with Gasteiger partial charge in [-0.3, -0.25) is 24.4 Å². The number of aromatic nitrogens is 2. The first-order valence-corrected chi connectivity index (χ1v) is 13.7. The number of halogens is 5. The van der Waals surface area contributed by atoms with Crippen molar-refractivity contribution in [2.24, 2.45) is 0 Å². The number of carbonyl (C=O) groups excluding carboxylic acids is 3. The molecule has 2 heterocycles. The van der Waals surface area contributed by atoms with Crippen LogP contribution in [0.3, 0.4) is 0 Å². The maximum absolute atomic E-state index is 12.9. The minimum atomic E-state index is -5.08. The Bertz CT molecular complexity index is 1500. The summed E-state index contributed by atoms with van der Waals surface area (Å²) in [6.07, 6.45) is -0.945. The largest absolute Gasteiger partial charge is 0.490 e. The van der Waals surface area contributed by atoms with Crippen LogP contribution in [0.5, 0.6) is 0 Å². The van der Waals surface area contributed by atoms with Crippen LogP contribution in [0.15, 0.2) is 61.3 Å². The quantitative estimate of drug-likeness (QED) is 0.211. The monoisotopic (exact) mass is 654 g/mol. The van der Waals surface area contributed by atoms with E-state index in [1.807, 2.05) is 24.3 Å². The average molecular weight is 655 g/mol. The van der Waals surface area contributed by atoms with E-state index in [0.717, 1.165) is 43.7 Å². The Morgan fingerprint density at radius 1 is 1.05 bits per heavy atom. The number of piperidine rings is 1. The van der Waals surface area contributed by atoms with Gasteiger partial charge in [0.05, 0.1) is 27.5 Å². The van der Waals surface area contributed by atoms with Crippen LogP contribution >= 0.6 is 23.2 Å². The van der Waals surface area contributed by atoms with Crippen LogP contribution in [0.4, 0.5) is 24.5 Å². The molecule has 0 unspecified atom stereocenters. The van der Waals surface area contributed by atoms with E-state index >= 15 is 0 Å². The van der Waals surface area contributed by atoms with Crippen LogP contribution in [0.1, 0.15) is 39.3 Å². The summed E-state index contributed by atoms with van der Waals surface area (Å²) in [5.74, 6) is -3.90. The second-order valence-electron chi connectivity index (χ2n) is 9.43. The Labute approximate surface area is 259 Å². The number of alkyl halides is 3. The number of rotatable bonds is 8. The molecule has 0 aliphatic carbocycles. The Balaban J connectivity index is 0.000000676. The molecule has 0 radical (unpaired) electrons. The molecule has 1 fully saturated rings. The fraction of sp³-hybridized carbons (Fsp3) is 0.250. The van der Waals surface area contributed by atoms with Crippen molar-refractivity contribution in [1.82, 2.24) is 20.4 Å². The summed E-state index contributed by atoms with van der Waals surface area (Å²) in [5, 5.41) is 22.6. The highest BCUT2D eigenvalue weighted by Crippen LogP contribution is 2.26. The number of H-pyrrole nitrogens is 1. The molecule has 4 rings (SSSR count). The maximum Gasteiger partial charge on any atom is 0.490 e. The van der Waals surface area contributed by atoms with Crippen LogP contribution in [-0.4, -0.2) is 69.2 Å². The molecule has 0 atom stereocenters. The van der Waals surface area contributed by atoms with Gasteiger partial charge < -0.3 is 21.1 Å². The molecule has 16 heteroatoms. The summed E-state index contributed by atoms with van der Waals surface area (Å²) in [7, 11) is 0. The minimum Gasteiger partial charge on any atom is -0.475 e. The van der Waals surface area contributed by atoms with Gasteiger partial charge in [0.2, 0.25) is 5.91 Å². The van der Waals surface area contributed by atoms with E-state index < -0.39 is 18.1 Å². The third-order valence-corrected chi connectivity index (χ3v) is 6.89. The van der Waals surface area contributed by atoms with E-state index in [9.17, 15) is 27.6 Å². The molecule has 234 valence electrons. The van der Waals surface area contributed by atoms with Crippen molar-refractivity contribution >= 4 is 58.3 Å². The van der Waals surface area contributed by atoms with E-state index in [-0.39, 0.29) is 44.8 Å². The molecule has 3 amide bonds. The van der Waals surface area contributed by atoms with Gasteiger partial charge in [0.15, 0.2) is 0 Å². The first kappa shape index (κ1) is 34.1. The molecular weight excluding hydrogens is 628 g/mol. The summed E-state index contributed by atoms with van der Waals surface area (Å²) < 4.78 is 31.7. The molecule has 0 bridgehead atoms. The number of nitrogens with zero attached hydrogens (tertiary/aromatic N) is 2. The topological polar surface area (TPSA) is 157 Å². The molecular formula is C28H27Cl2F3N6O5. The highest BCUT2D eigenvalue weighted by atomic mass is 35.5. The second-order valence-corrected chi connectivity index (χ2v) is 10.2. The number of carboxylic acids is 1. The van der Waals surface area contributed by atoms with Crippen LogP contribution in [0, 0.1) is 0 Å². The number of carboxylic acid groups (broad SMARTS) is 1. The standard InChI is InChI=1S/C26H26Cl2N6O3.C2HF3O2/c1-2-22(35)30-18-6-3-5-16(13-18)15-34-11-9-17(10-12-34)31-26(37)24-21(14-29-33-24)32-25(36)23-19(27)7-4-8-20(23)28;3-2(4,5)1(6)7/h2-8,13-14,17H,1,9-12,15H2,(H,29,33)(H,30,35)(H,31,37)(H,32,36);(H,6,7). The maximum atomic E-state index is 12.9. The zero-order chi connectivity index (χ0) is 32.4. The summed E-state index contributed by atoms with van der Waals surface area (Å²) in [4.78, 5) is 48.4. The molecule has 3 aromatic rings. The number of nitrogens with one attached hydrogen (secondary N) is 4. The molecule has 44 heavy (non-hydrogen) atoms. The lowest BCUT2D eigenvalue weighted by molar-refractivity contribution is -0.192.